The predicted molar refractivity (Wildman–Crippen MR) is 95.5 cm³/mol. The van der Waals surface area contributed by atoms with Gasteiger partial charge >= 0.3 is 5.97 Å². The Hall–Kier alpha value is -3.02. The van der Waals surface area contributed by atoms with Crippen LogP contribution in [0.4, 0.5) is 0 Å². The Bertz CT molecular complexity index is 774. The predicted octanol–water partition coefficient (Wildman–Crippen LogP) is 3.25. The molecule has 0 aromatic heterocycles. The van der Waals surface area contributed by atoms with E-state index in [0.29, 0.717) is 35.9 Å². The number of rotatable bonds is 6. The monoisotopic (exact) mass is 358 g/mol. The number of methoxy groups -OCH3 is 3. The van der Waals surface area contributed by atoms with Crippen molar-refractivity contribution >= 4 is 11.8 Å². The minimum absolute atomic E-state index is 0.146. The molecule has 26 heavy (non-hydrogen) atoms. The van der Waals surface area contributed by atoms with Crippen LogP contribution in [0.3, 0.4) is 0 Å². The number of allylic oxidation sites excluding steroid dienone is 8. The molecule has 0 spiro atoms. The number of carbonyl (C=O) groups is 2. The van der Waals surface area contributed by atoms with Gasteiger partial charge in [-0.1, -0.05) is 6.08 Å². The first-order valence-electron chi connectivity index (χ1n) is 8.05. The van der Waals surface area contributed by atoms with Gasteiger partial charge in [0.2, 0.25) is 0 Å². The summed E-state index contributed by atoms with van der Waals surface area (Å²) >= 11 is 0. The molecule has 0 saturated heterocycles. The van der Waals surface area contributed by atoms with Crippen LogP contribution in [0.25, 0.3) is 0 Å². The van der Waals surface area contributed by atoms with Crippen LogP contribution in [0, 0.1) is 0 Å². The molecule has 0 N–H and O–H groups in total. The van der Waals surface area contributed by atoms with E-state index in [1.807, 2.05) is 6.08 Å². The molecule has 0 atom stereocenters. The fourth-order valence-corrected chi connectivity index (χ4v) is 2.58. The van der Waals surface area contributed by atoms with Crippen molar-refractivity contribution in [2.45, 2.75) is 19.8 Å². The molecule has 0 radical (unpaired) electrons. The zero-order valence-corrected chi connectivity index (χ0v) is 15.3. The molecule has 2 aliphatic carbocycles. The van der Waals surface area contributed by atoms with Crippen LogP contribution in [0.15, 0.2) is 70.6 Å². The Labute approximate surface area is 152 Å². The minimum Gasteiger partial charge on any atom is -0.497 e. The smallest absolute Gasteiger partial charge is 0.308 e. The summed E-state index contributed by atoms with van der Waals surface area (Å²) in [5, 5.41) is 0. The molecule has 2 aliphatic rings. The normalized spacial score (nSPS) is 19.8. The molecule has 6 nitrogen and oxygen atoms in total. The molecule has 0 heterocycles. The van der Waals surface area contributed by atoms with Crippen LogP contribution in [-0.4, -0.2) is 33.1 Å². The second kappa shape index (κ2) is 8.89. The SMILES string of the molecule is COC1=CC(=CC(=O)C=C2C=CC(OC)=C(OC)C2)CC=C1OC(C)=O. The number of ketones is 1. The third-order valence-corrected chi connectivity index (χ3v) is 3.77. The summed E-state index contributed by atoms with van der Waals surface area (Å²) in [4.78, 5) is 23.4. The molecule has 2 rings (SSSR count). The summed E-state index contributed by atoms with van der Waals surface area (Å²) in [5.74, 6) is 1.53. The molecule has 0 bridgehead atoms. The maximum atomic E-state index is 12.3. The van der Waals surface area contributed by atoms with E-state index in [0.717, 1.165) is 11.1 Å². The van der Waals surface area contributed by atoms with Crippen LogP contribution in [0.1, 0.15) is 19.8 Å². The number of carbonyl (C=O) groups excluding carboxylic acids is 2. The average molecular weight is 358 g/mol. The first-order chi connectivity index (χ1) is 12.5. The van der Waals surface area contributed by atoms with Crippen LogP contribution in [0.2, 0.25) is 0 Å². The molecule has 0 amide bonds. The van der Waals surface area contributed by atoms with Gasteiger partial charge in [-0.05, 0) is 47.9 Å². The van der Waals surface area contributed by atoms with Crippen LogP contribution in [-0.2, 0) is 28.5 Å². The van der Waals surface area contributed by atoms with Gasteiger partial charge in [-0.3, -0.25) is 9.59 Å². The van der Waals surface area contributed by atoms with Gasteiger partial charge in [0.1, 0.15) is 5.76 Å². The highest BCUT2D eigenvalue weighted by molar-refractivity contribution is 6.01. The van der Waals surface area contributed by atoms with Gasteiger partial charge in [0.15, 0.2) is 23.1 Å². The Kier molecular flexibility index (Phi) is 6.60. The Morgan fingerprint density at radius 1 is 0.962 bits per heavy atom. The third kappa shape index (κ3) is 4.99. The first-order valence-corrected chi connectivity index (χ1v) is 8.05. The summed E-state index contributed by atoms with van der Waals surface area (Å²) in [7, 11) is 4.62. The number of ether oxygens (including phenoxy) is 4. The third-order valence-electron chi connectivity index (χ3n) is 3.77. The summed E-state index contributed by atoms with van der Waals surface area (Å²) in [5.41, 5.74) is 1.59. The first kappa shape index (κ1) is 19.3. The Balaban J connectivity index is 2.12. The quantitative estimate of drug-likeness (QED) is 0.536. The van der Waals surface area contributed by atoms with Crippen molar-refractivity contribution in [2.24, 2.45) is 0 Å². The molecular weight excluding hydrogens is 336 g/mol. The van der Waals surface area contributed by atoms with Gasteiger partial charge < -0.3 is 18.9 Å². The number of hydrogen-bond acceptors (Lipinski definition) is 6. The fraction of sp³-hybridized carbons (Fsp3) is 0.300. The summed E-state index contributed by atoms with van der Waals surface area (Å²) in [6.45, 7) is 1.32. The highest BCUT2D eigenvalue weighted by atomic mass is 16.6. The van der Waals surface area contributed by atoms with E-state index in [9.17, 15) is 9.59 Å². The lowest BCUT2D eigenvalue weighted by atomic mass is 10.0. The maximum Gasteiger partial charge on any atom is 0.308 e. The molecule has 0 fully saturated rings. The van der Waals surface area contributed by atoms with Crippen LogP contribution < -0.4 is 0 Å². The summed E-state index contributed by atoms with van der Waals surface area (Å²) in [6.07, 6.45) is 11.0. The van der Waals surface area contributed by atoms with Crippen LogP contribution >= 0.6 is 0 Å². The average Bonchev–Trinajstić information content (AvgIpc) is 2.62. The second-order valence-corrected chi connectivity index (χ2v) is 5.63. The molecule has 0 unspecified atom stereocenters. The van der Waals surface area contributed by atoms with Gasteiger partial charge in [-0.25, -0.2) is 0 Å². The molecule has 0 aromatic carbocycles. The van der Waals surface area contributed by atoms with Crippen molar-refractivity contribution in [3.63, 3.8) is 0 Å². The molecule has 6 heteroatoms. The summed E-state index contributed by atoms with van der Waals surface area (Å²) in [6, 6.07) is 0. The van der Waals surface area contributed by atoms with E-state index < -0.39 is 5.97 Å². The van der Waals surface area contributed by atoms with Gasteiger partial charge in [0, 0.05) is 13.3 Å². The molecule has 138 valence electrons. The highest BCUT2D eigenvalue weighted by Gasteiger charge is 2.16. The van der Waals surface area contributed by atoms with Crippen molar-refractivity contribution < 1.29 is 28.5 Å². The van der Waals surface area contributed by atoms with Crippen molar-refractivity contribution in [2.75, 3.05) is 21.3 Å². The second-order valence-electron chi connectivity index (χ2n) is 5.63. The molecular formula is C20H22O6. The van der Waals surface area contributed by atoms with E-state index in [4.69, 9.17) is 18.9 Å². The van der Waals surface area contributed by atoms with E-state index in [2.05, 4.69) is 0 Å². The zero-order chi connectivity index (χ0) is 19.1. The zero-order valence-electron chi connectivity index (χ0n) is 15.3. The summed E-state index contributed by atoms with van der Waals surface area (Å²) < 4.78 is 20.8. The topological polar surface area (TPSA) is 71.1 Å². The fourth-order valence-electron chi connectivity index (χ4n) is 2.58. The lowest BCUT2D eigenvalue weighted by Crippen LogP contribution is -2.07. The highest BCUT2D eigenvalue weighted by Crippen LogP contribution is 2.26. The van der Waals surface area contributed by atoms with Gasteiger partial charge in [0.25, 0.3) is 0 Å². The van der Waals surface area contributed by atoms with E-state index in [1.54, 1.807) is 38.5 Å². The number of hydrogen-bond donors (Lipinski definition) is 0. The van der Waals surface area contributed by atoms with Gasteiger partial charge in [0.05, 0.1) is 21.3 Å². The minimum atomic E-state index is -0.422. The molecule has 0 aliphatic heterocycles. The maximum absolute atomic E-state index is 12.3. The van der Waals surface area contributed by atoms with Gasteiger partial charge in [-0.2, -0.15) is 0 Å². The van der Waals surface area contributed by atoms with Crippen molar-refractivity contribution in [3.8, 4) is 0 Å². The van der Waals surface area contributed by atoms with Crippen molar-refractivity contribution in [1.82, 2.24) is 0 Å². The van der Waals surface area contributed by atoms with E-state index in [-0.39, 0.29) is 5.78 Å². The molecule has 0 aromatic rings. The Morgan fingerprint density at radius 2 is 1.69 bits per heavy atom. The lowest BCUT2D eigenvalue weighted by Gasteiger charge is -2.16. The molecule has 0 saturated carbocycles. The lowest BCUT2D eigenvalue weighted by molar-refractivity contribution is -0.137. The Morgan fingerprint density at radius 3 is 2.31 bits per heavy atom. The largest absolute Gasteiger partial charge is 0.497 e. The van der Waals surface area contributed by atoms with E-state index >= 15 is 0 Å². The van der Waals surface area contributed by atoms with Crippen molar-refractivity contribution in [1.29, 1.82) is 0 Å². The van der Waals surface area contributed by atoms with E-state index in [1.165, 1.54) is 20.1 Å². The van der Waals surface area contributed by atoms with Gasteiger partial charge in [-0.15, -0.1) is 0 Å². The van der Waals surface area contributed by atoms with Crippen molar-refractivity contribution in [3.05, 3.63) is 70.6 Å². The number of esters is 1. The van der Waals surface area contributed by atoms with Crippen LogP contribution in [0.5, 0.6) is 0 Å². The standard InChI is InChI=1S/C20H22O6/c1-13(21)26-18-8-6-15(12-20(18)25-4)10-16(22)9-14-5-7-17(23-2)19(11-14)24-3/h5,7-10,12H,6,11H2,1-4H3.